The van der Waals surface area contributed by atoms with Crippen molar-refractivity contribution in [1.29, 1.82) is 0 Å². The number of nitrogens with zero attached hydrogens (tertiary/aromatic N) is 3. The second-order valence-electron chi connectivity index (χ2n) is 6.57. The highest BCUT2D eigenvalue weighted by atomic mass is 16.5. The highest BCUT2D eigenvalue weighted by molar-refractivity contribution is 5.90. The lowest BCUT2D eigenvalue weighted by Crippen LogP contribution is -2.25. The van der Waals surface area contributed by atoms with Crippen molar-refractivity contribution in [2.75, 3.05) is 20.8 Å². The minimum atomic E-state index is -0.0870. The van der Waals surface area contributed by atoms with Crippen molar-refractivity contribution >= 4 is 11.2 Å². The number of fused-ring (bicyclic) bond motifs is 1. The molecular weight excluding hydrogens is 342 g/mol. The lowest BCUT2D eigenvalue weighted by Gasteiger charge is -2.14. The Balaban J connectivity index is 2.14. The molecule has 0 aliphatic carbocycles. The van der Waals surface area contributed by atoms with Gasteiger partial charge in [-0.1, -0.05) is 6.07 Å². The summed E-state index contributed by atoms with van der Waals surface area (Å²) in [6.07, 6.45) is 3.48. The van der Waals surface area contributed by atoms with Crippen LogP contribution in [0.5, 0.6) is 5.75 Å². The minimum absolute atomic E-state index is 0.0870. The molecule has 2 aromatic heterocycles. The molecule has 6 nitrogen and oxygen atoms in total. The number of aromatic nitrogens is 3. The zero-order valence-corrected chi connectivity index (χ0v) is 16.3. The van der Waals surface area contributed by atoms with Gasteiger partial charge >= 0.3 is 0 Å². The average Bonchev–Trinajstić information content (AvgIpc) is 2.67. The molecular formula is C21H25N3O3. The number of aryl methyl sites for hydroxylation is 3. The lowest BCUT2D eigenvalue weighted by molar-refractivity contribution is 0.191. The number of pyridine rings is 1. The van der Waals surface area contributed by atoms with Gasteiger partial charge in [0.1, 0.15) is 17.0 Å². The van der Waals surface area contributed by atoms with E-state index < -0.39 is 0 Å². The summed E-state index contributed by atoms with van der Waals surface area (Å²) in [7, 11) is 3.34. The zero-order chi connectivity index (χ0) is 19.4. The Morgan fingerprint density at radius 2 is 1.89 bits per heavy atom. The van der Waals surface area contributed by atoms with Crippen LogP contribution in [0.1, 0.15) is 24.1 Å². The van der Waals surface area contributed by atoms with Gasteiger partial charge in [-0.25, -0.2) is 9.97 Å². The SMILES string of the molecule is COCCCCn1c(=O)c(C)nc2c(-c3ccc(OC)cc3C)ccnc21. The van der Waals surface area contributed by atoms with E-state index in [0.29, 0.717) is 24.5 Å². The predicted octanol–water partition coefficient (Wildman–Crippen LogP) is 3.51. The first-order chi connectivity index (χ1) is 13.1. The van der Waals surface area contributed by atoms with Crippen LogP contribution < -0.4 is 10.3 Å². The van der Waals surface area contributed by atoms with Crippen LogP contribution >= 0.6 is 0 Å². The van der Waals surface area contributed by atoms with E-state index in [1.54, 1.807) is 31.9 Å². The number of methoxy groups -OCH3 is 2. The number of ether oxygens (including phenoxy) is 2. The van der Waals surface area contributed by atoms with E-state index in [2.05, 4.69) is 9.97 Å². The molecule has 2 heterocycles. The monoisotopic (exact) mass is 367 g/mol. The van der Waals surface area contributed by atoms with Crippen LogP contribution in [0.15, 0.2) is 35.3 Å². The molecule has 27 heavy (non-hydrogen) atoms. The molecule has 0 unspecified atom stereocenters. The normalized spacial score (nSPS) is 11.1. The summed E-state index contributed by atoms with van der Waals surface area (Å²) in [5.74, 6) is 0.814. The van der Waals surface area contributed by atoms with Gasteiger partial charge in [0.15, 0.2) is 5.65 Å². The Kier molecular flexibility index (Phi) is 5.86. The fourth-order valence-corrected chi connectivity index (χ4v) is 3.26. The van der Waals surface area contributed by atoms with Crippen LogP contribution in [0, 0.1) is 13.8 Å². The van der Waals surface area contributed by atoms with Crippen LogP contribution in [-0.2, 0) is 11.3 Å². The first-order valence-electron chi connectivity index (χ1n) is 9.07. The van der Waals surface area contributed by atoms with Crippen molar-refractivity contribution in [2.45, 2.75) is 33.2 Å². The van der Waals surface area contributed by atoms with Crippen molar-refractivity contribution in [2.24, 2.45) is 0 Å². The predicted molar refractivity (Wildman–Crippen MR) is 106 cm³/mol. The summed E-state index contributed by atoms with van der Waals surface area (Å²) in [6.45, 7) is 5.07. The van der Waals surface area contributed by atoms with Gasteiger partial charge in [-0.15, -0.1) is 0 Å². The van der Waals surface area contributed by atoms with E-state index in [1.807, 2.05) is 31.2 Å². The molecule has 0 fully saturated rings. The molecule has 3 aromatic rings. The van der Waals surface area contributed by atoms with E-state index >= 15 is 0 Å². The molecule has 0 amide bonds. The Morgan fingerprint density at radius 1 is 1.07 bits per heavy atom. The molecule has 0 spiro atoms. The van der Waals surface area contributed by atoms with Gasteiger partial charge in [-0.3, -0.25) is 9.36 Å². The summed E-state index contributed by atoms with van der Waals surface area (Å²) in [6, 6.07) is 7.90. The highest BCUT2D eigenvalue weighted by Gasteiger charge is 2.15. The van der Waals surface area contributed by atoms with Crippen molar-refractivity contribution < 1.29 is 9.47 Å². The molecule has 6 heteroatoms. The third kappa shape index (κ3) is 3.85. The smallest absolute Gasteiger partial charge is 0.273 e. The van der Waals surface area contributed by atoms with E-state index in [1.165, 1.54) is 0 Å². The summed E-state index contributed by atoms with van der Waals surface area (Å²) >= 11 is 0. The molecule has 0 bridgehead atoms. The van der Waals surface area contributed by atoms with Crippen LogP contribution in [0.3, 0.4) is 0 Å². The fourth-order valence-electron chi connectivity index (χ4n) is 3.26. The van der Waals surface area contributed by atoms with Crippen LogP contribution in [0.4, 0.5) is 0 Å². The maximum atomic E-state index is 12.7. The van der Waals surface area contributed by atoms with Gasteiger partial charge in [0, 0.05) is 32.0 Å². The maximum Gasteiger partial charge on any atom is 0.273 e. The van der Waals surface area contributed by atoms with E-state index in [4.69, 9.17) is 9.47 Å². The number of hydrogen-bond donors (Lipinski definition) is 0. The van der Waals surface area contributed by atoms with Gasteiger partial charge in [-0.2, -0.15) is 0 Å². The Hall–Kier alpha value is -2.73. The van der Waals surface area contributed by atoms with E-state index in [9.17, 15) is 4.79 Å². The van der Waals surface area contributed by atoms with Gasteiger partial charge in [0.05, 0.1) is 7.11 Å². The van der Waals surface area contributed by atoms with Crippen molar-refractivity contribution in [3.63, 3.8) is 0 Å². The van der Waals surface area contributed by atoms with Crippen LogP contribution in [0.25, 0.3) is 22.3 Å². The molecule has 0 saturated carbocycles. The molecule has 0 atom stereocenters. The van der Waals surface area contributed by atoms with Crippen molar-refractivity contribution in [1.82, 2.24) is 14.5 Å². The molecule has 0 aliphatic heterocycles. The van der Waals surface area contributed by atoms with E-state index in [-0.39, 0.29) is 5.56 Å². The molecule has 3 rings (SSSR count). The van der Waals surface area contributed by atoms with Gasteiger partial charge < -0.3 is 9.47 Å². The number of rotatable bonds is 7. The second-order valence-corrected chi connectivity index (χ2v) is 6.57. The lowest BCUT2D eigenvalue weighted by atomic mass is 10.00. The third-order valence-corrected chi connectivity index (χ3v) is 4.70. The summed E-state index contributed by atoms with van der Waals surface area (Å²) in [4.78, 5) is 21.7. The largest absolute Gasteiger partial charge is 0.497 e. The molecule has 0 radical (unpaired) electrons. The summed E-state index contributed by atoms with van der Waals surface area (Å²) in [5.41, 5.74) is 4.86. The zero-order valence-electron chi connectivity index (χ0n) is 16.3. The number of benzene rings is 1. The molecule has 1 aromatic carbocycles. The maximum absolute atomic E-state index is 12.7. The van der Waals surface area contributed by atoms with Crippen LogP contribution in [0.2, 0.25) is 0 Å². The molecule has 0 saturated heterocycles. The number of hydrogen-bond acceptors (Lipinski definition) is 5. The molecule has 142 valence electrons. The summed E-state index contributed by atoms with van der Waals surface area (Å²) < 4.78 is 12.1. The Labute approximate surface area is 158 Å². The highest BCUT2D eigenvalue weighted by Crippen LogP contribution is 2.30. The third-order valence-electron chi connectivity index (χ3n) is 4.70. The van der Waals surface area contributed by atoms with Crippen molar-refractivity contribution in [3.05, 3.63) is 52.1 Å². The van der Waals surface area contributed by atoms with Gasteiger partial charge in [0.25, 0.3) is 5.56 Å². The number of unbranched alkanes of at least 4 members (excludes halogenated alkanes) is 1. The second kappa shape index (κ2) is 8.31. The molecule has 0 N–H and O–H groups in total. The van der Waals surface area contributed by atoms with Crippen molar-refractivity contribution in [3.8, 4) is 16.9 Å². The quantitative estimate of drug-likeness (QED) is 0.598. The minimum Gasteiger partial charge on any atom is -0.497 e. The van der Waals surface area contributed by atoms with Crippen LogP contribution in [-0.4, -0.2) is 35.4 Å². The molecule has 0 aliphatic rings. The topological polar surface area (TPSA) is 66.2 Å². The van der Waals surface area contributed by atoms with Gasteiger partial charge in [0.2, 0.25) is 0 Å². The Morgan fingerprint density at radius 3 is 2.59 bits per heavy atom. The standard InChI is InChI=1S/C21H25N3O3/c1-14-13-16(27-4)7-8-17(14)18-9-10-22-20-19(18)23-15(2)21(25)24(20)11-5-6-12-26-3/h7-10,13H,5-6,11-12H2,1-4H3. The van der Waals surface area contributed by atoms with E-state index in [0.717, 1.165) is 40.8 Å². The summed E-state index contributed by atoms with van der Waals surface area (Å²) in [5, 5.41) is 0. The fraction of sp³-hybridized carbons (Fsp3) is 0.381. The Bertz CT molecular complexity index is 1010. The average molecular weight is 367 g/mol. The van der Waals surface area contributed by atoms with Gasteiger partial charge in [-0.05, 0) is 56.0 Å². The first kappa shape index (κ1) is 19.0. The first-order valence-corrected chi connectivity index (χ1v) is 9.07.